The number of likely N-dealkylation sites (N-methyl/N-ethyl adjacent to an activating group) is 1. The molecule has 0 atom stereocenters. The fourth-order valence-corrected chi connectivity index (χ4v) is 2.55. The van der Waals surface area contributed by atoms with Crippen molar-refractivity contribution in [1.29, 1.82) is 0 Å². The minimum atomic E-state index is -0.0269. The molecule has 1 aromatic rings. The Hall–Kier alpha value is -1.88. The fourth-order valence-electron chi connectivity index (χ4n) is 2.55. The van der Waals surface area contributed by atoms with E-state index in [1.807, 2.05) is 24.3 Å². The molecule has 0 spiro atoms. The highest BCUT2D eigenvalue weighted by Gasteiger charge is 2.15. The summed E-state index contributed by atoms with van der Waals surface area (Å²) >= 11 is 0. The molecule has 5 nitrogen and oxygen atoms in total. The lowest BCUT2D eigenvalue weighted by molar-refractivity contribution is -0.120. The van der Waals surface area contributed by atoms with Gasteiger partial charge in [0.2, 0.25) is 11.8 Å². The highest BCUT2D eigenvalue weighted by molar-refractivity contribution is 5.92. The zero-order valence-electron chi connectivity index (χ0n) is 12.4. The molecule has 1 aliphatic rings. The SMILES string of the molecule is CNC(=O)Cc1ccc(NC(=O)CNC2CCCC2)cc1. The largest absolute Gasteiger partial charge is 0.359 e. The number of hydrogen-bond donors (Lipinski definition) is 3. The van der Waals surface area contributed by atoms with Crippen molar-refractivity contribution in [3.05, 3.63) is 29.8 Å². The lowest BCUT2D eigenvalue weighted by Crippen LogP contribution is -2.34. The summed E-state index contributed by atoms with van der Waals surface area (Å²) in [6.07, 6.45) is 5.20. The van der Waals surface area contributed by atoms with E-state index in [0.29, 0.717) is 19.0 Å². The molecule has 21 heavy (non-hydrogen) atoms. The van der Waals surface area contributed by atoms with E-state index in [2.05, 4.69) is 16.0 Å². The maximum absolute atomic E-state index is 11.8. The topological polar surface area (TPSA) is 70.2 Å². The van der Waals surface area contributed by atoms with E-state index in [4.69, 9.17) is 0 Å². The van der Waals surface area contributed by atoms with Crippen LogP contribution in [0.5, 0.6) is 0 Å². The molecule has 3 N–H and O–H groups in total. The van der Waals surface area contributed by atoms with Gasteiger partial charge in [0.25, 0.3) is 0 Å². The van der Waals surface area contributed by atoms with Crippen LogP contribution < -0.4 is 16.0 Å². The first-order valence-electron chi connectivity index (χ1n) is 7.50. The first-order chi connectivity index (χ1) is 10.2. The van der Waals surface area contributed by atoms with Crippen molar-refractivity contribution in [3.63, 3.8) is 0 Å². The van der Waals surface area contributed by atoms with E-state index in [9.17, 15) is 9.59 Å². The van der Waals surface area contributed by atoms with Crippen molar-refractivity contribution in [1.82, 2.24) is 10.6 Å². The Kier molecular flexibility index (Phi) is 5.75. The number of carbonyl (C=O) groups excluding carboxylic acids is 2. The summed E-state index contributed by atoms with van der Waals surface area (Å²) < 4.78 is 0. The van der Waals surface area contributed by atoms with Gasteiger partial charge in [-0.15, -0.1) is 0 Å². The van der Waals surface area contributed by atoms with Gasteiger partial charge < -0.3 is 16.0 Å². The second-order valence-corrected chi connectivity index (χ2v) is 5.46. The Bertz CT molecular complexity index is 479. The van der Waals surface area contributed by atoms with Gasteiger partial charge >= 0.3 is 0 Å². The summed E-state index contributed by atoms with van der Waals surface area (Å²) in [7, 11) is 1.62. The van der Waals surface area contributed by atoms with Crippen molar-refractivity contribution >= 4 is 17.5 Å². The van der Waals surface area contributed by atoms with Crippen molar-refractivity contribution < 1.29 is 9.59 Å². The van der Waals surface area contributed by atoms with Crippen LogP contribution >= 0.6 is 0 Å². The van der Waals surface area contributed by atoms with Gasteiger partial charge in [-0.25, -0.2) is 0 Å². The Morgan fingerprint density at radius 1 is 1.10 bits per heavy atom. The molecule has 0 aromatic heterocycles. The lowest BCUT2D eigenvalue weighted by Gasteiger charge is -2.12. The summed E-state index contributed by atoms with van der Waals surface area (Å²) in [6, 6.07) is 7.85. The van der Waals surface area contributed by atoms with Gasteiger partial charge in [-0.05, 0) is 30.5 Å². The van der Waals surface area contributed by atoms with Crippen molar-refractivity contribution in [2.45, 2.75) is 38.1 Å². The molecule has 1 saturated carbocycles. The maximum atomic E-state index is 11.8. The molecule has 0 radical (unpaired) electrons. The minimum absolute atomic E-state index is 0.0208. The molecule has 5 heteroatoms. The normalized spacial score (nSPS) is 14.9. The van der Waals surface area contributed by atoms with Crippen LogP contribution in [0.4, 0.5) is 5.69 Å². The van der Waals surface area contributed by atoms with E-state index in [0.717, 1.165) is 11.3 Å². The number of benzene rings is 1. The number of amides is 2. The first kappa shape index (κ1) is 15.5. The van der Waals surface area contributed by atoms with E-state index in [1.54, 1.807) is 7.05 Å². The monoisotopic (exact) mass is 289 g/mol. The fraction of sp³-hybridized carbons (Fsp3) is 0.500. The van der Waals surface area contributed by atoms with Crippen molar-refractivity contribution in [3.8, 4) is 0 Å². The van der Waals surface area contributed by atoms with Crippen LogP contribution in [0.2, 0.25) is 0 Å². The Morgan fingerprint density at radius 2 is 1.76 bits per heavy atom. The van der Waals surface area contributed by atoms with Gasteiger partial charge in [-0.2, -0.15) is 0 Å². The Balaban J connectivity index is 1.76. The molecule has 2 amide bonds. The van der Waals surface area contributed by atoms with Gasteiger partial charge in [-0.3, -0.25) is 9.59 Å². The van der Waals surface area contributed by atoms with Crippen molar-refractivity contribution in [2.75, 3.05) is 18.9 Å². The molecule has 0 aliphatic heterocycles. The van der Waals surface area contributed by atoms with Crippen LogP contribution in [0.15, 0.2) is 24.3 Å². The number of rotatable bonds is 6. The van der Waals surface area contributed by atoms with E-state index in [1.165, 1.54) is 25.7 Å². The van der Waals surface area contributed by atoms with Crippen LogP contribution in [0.25, 0.3) is 0 Å². The highest BCUT2D eigenvalue weighted by atomic mass is 16.2. The third kappa shape index (κ3) is 5.19. The van der Waals surface area contributed by atoms with Gasteiger partial charge in [0.1, 0.15) is 0 Å². The standard InChI is InChI=1S/C16H23N3O2/c1-17-15(20)10-12-6-8-14(9-7-12)19-16(21)11-18-13-4-2-3-5-13/h6-9,13,18H,2-5,10-11H2,1H3,(H,17,20)(H,19,21). The average Bonchev–Trinajstić information content (AvgIpc) is 3.00. The molecule has 1 aromatic carbocycles. The zero-order valence-corrected chi connectivity index (χ0v) is 12.4. The van der Waals surface area contributed by atoms with Crippen LogP contribution in [-0.4, -0.2) is 31.4 Å². The van der Waals surface area contributed by atoms with Gasteiger partial charge in [0.05, 0.1) is 13.0 Å². The van der Waals surface area contributed by atoms with E-state index in [-0.39, 0.29) is 11.8 Å². The number of hydrogen-bond acceptors (Lipinski definition) is 3. The Labute approximate surface area is 125 Å². The third-order valence-corrected chi connectivity index (χ3v) is 3.79. The first-order valence-corrected chi connectivity index (χ1v) is 7.50. The molecule has 1 aliphatic carbocycles. The second-order valence-electron chi connectivity index (χ2n) is 5.46. The number of anilines is 1. The zero-order chi connectivity index (χ0) is 15.1. The van der Waals surface area contributed by atoms with Crippen molar-refractivity contribution in [2.24, 2.45) is 0 Å². The Morgan fingerprint density at radius 3 is 2.38 bits per heavy atom. The lowest BCUT2D eigenvalue weighted by atomic mass is 10.1. The van der Waals surface area contributed by atoms with Gasteiger partial charge in [0, 0.05) is 18.8 Å². The molecule has 0 heterocycles. The quantitative estimate of drug-likeness (QED) is 0.742. The molecular weight excluding hydrogens is 266 g/mol. The number of nitrogens with one attached hydrogen (secondary N) is 3. The van der Waals surface area contributed by atoms with Crippen LogP contribution in [0.1, 0.15) is 31.2 Å². The molecule has 2 rings (SSSR count). The second kappa shape index (κ2) is 7.78. The minimum Gasteiger partial charge on any atom is -0.359 e. The van der Waals surface area contributed by atoms with Gasteiger partial charge in [-0.1, -0.05) is 25.0 Å². The smallest absolute Gasteiger partial charge is 0.238 e. The summed E-state index contributed by atoms with van der Waals surface area (Å²) in [4.78, 5) is 23.1. The molecule has 114 valence electrons. The van der Waals surface area contributed by atoms with Crippen LogP contribution in [-0.2, 0) is 16.0 Å². The van der Waals surface area contributed by atoms with E-state index < -0.39 is 0 Å². The third-order valence-electron chi connectivity index (χ3n) is 3.79. The van der Waals surface area contributed by atoms with E-state index >= 15 is 0 Å². The molecule has 0 saturated heterocycles. The van der Waals surface area contributed by atoms with Crippen LogP contribution in [0, 0.1) is 0 Å². The average molecular weight is 289 g/mol. The highest BCUT2D eigenvalue weighted by Crippen LogP contribution is 2.17. The summed E-state index contributed by atoms with van der Waals surface area (Å²) in [6.45, 7) is 0.352. The van der Waals surface area contributed by atoms with Gasteiger partial charge in [0.15, 0.2) is 0 Å². The number of carbonyl (C=O) groups is 2. The summed E-state index contributed by atoms with van der Waals surface area (Å²) in [5, 5.41) is 8.73. The predicted octanol–water partition coefficient (Wildman–Crippen LogP) is 1.45. The van der Waals surface area contributed by atoms with Crippen LogP contribution in [0.3, 0.4) is 0 Å². The molecular formula is C16H23N3O2. The molecule has 1 fully saturated rings. The maximum Gasteiger partial charge on any atom is 0.238 e. The summed E-state index contributed by atoms with van der Waals surface area (Å²) in [5.74, 6) is -0.0477. The molecule has 0 unspecified atom stereocenters. The molecule has 0 bridgehead atoms. The predicted molar refractivity (Wildman–Crippen MR) is 83.1 cm³/mol. The summed E-state index contributed by atoms with van der Waals surface area (Å²) in [5.41, 5.74) is 1.69.